The molecule has 27 heavy (non-hydrogen) atoms. The largest absolute Gasteiger partial charge is 0.473 e. The van der Waals surface area contributed by atoms with Crippen molar-refractivity contribution in [1.82, 2.24) is 9.88 Å². The summed E-state index contributed by atoms with van der Waals surface area (Å²) in [4.78, 5) is 20.9. The summed E-state index contributed by atoms with van der Waals surface area (Å²) in [6.07, 6.45) is 2.82. The molecule has 2 aromatic rings. The third-order valence-electron chi connectivity index (χ3n) is 4.92. The molecule has 0 bridgehead atoms. The predicted octanol–water partition coefficient (Wildman–Crippen LogP) is 3.07. The molecule has 0 unspecified atom stereocenters. The first kappa shape index (κ1) is 18.1. The van der Waals surface area contributed by atoms with Crippen LogP contribution < -0.4 is 9.64 Å². The average molecular weight is 387 g/mol. The van der Waals surface area contributed by atoms with Gasteiger partial charge in [0, 0.05) is 49.8 Å². The number of para-hydroxylation sites is 1. The highest BCUT2D eigenvalue weighted by molar-refractivity contribution is 7.99. The summed E-state index contributed by atoms with van der Waals surface area (Å²) < 4.78 is 19.9. The Morgan fingerprint density at radius 2 is 2.00 bits per heavy atom. The molecule has 2 saturated heterocycles. The third kappa shape index (κ3) is 4.18. The van der Waals surface area contributed by atoms with Crippen molar-refractivity contribution in [1.29, 1.82) is 0 Å². The number of ether oxygens (including phenoxy) is 1. The fourth-order valence-electron chi connectivity index (χ4n) is 3.42. The monoisotopic (exact) mass is 387 g/mol. The van der Waals surface area contributed by atoms with Gasteiger partial charge in [0.25, 0.3) is 5.91 Å². The quantitative estimate of drug-likeness (QED) is 0.807. The van der Waals surface area contributed by atoms with Crippen LogP contribution >= 0.6 is 11.8 Å². The van der Waals surface area contributed by atoms with Crippen molar-refractivity contribution in [3.8, 4) is 5.88 Å². The summed E-state index contributed by atoms with van der Waals surface area (Å²) in [6.45, 7) is 2.34. The van der Waals surface area contributed by atoms with E-state index < -0.39 is 0 Å². The zero-order chi connectivity index (χ0) is 18.6. The summed E-state index contributed by atoms with van der Waals surface area (Å²) in [7, 11) is 0. The van der Waals surface area contributed by atoms with Gasteiger partial charge in [-0.1, -0.05) is 12.1 Å². The first-order valence-corrected chi connectivity index (χ1v) is 10.4. The molecule has 2 fully saturated rings. The molecule has 5 nitrogen and oxygen atoms in total. The van der Waals surface area contributed by atoms with E-state index in [2.05, 4.69) is 4.98 Å². The molecule has 142 valence electrons. The van der Waals surface area contributed by atoms with Gasteiger partial charge in [-0.15, -0.1) is 0 Å². The van der Waals surface area contributed by atoms with E-state index in [-0.39, 0.29) is 17.8 Å². The normalized spacial score (nSPS) is 20.0. The van der Waals surface area contributed by atoms with E-state index in [1.54, 1.807) is 30.5 Å². The Bertz CT molecular complexity index is 805. The number of piperazine rings is 1. The Kier molecular flexibility index (Phi) is 5.48. The van der Waals surface area contributed by atoms with Crippen LogP contribution in [0.15, 0.2) is 42.6 Å². The number of benzene rings is 1. The molecule has 1 atom stereocenters. The smallest absolute Gasteiger partial charge is 0.254 e. The Morgan fingerprint density at radius 3 is 2.74 bits per heavy atom. The van der Waals surface area contributed by atoms with Crippen molar-refractivity contribution >= 4 is 23.4 Å². The molecule has 4 rings (SSSR count). The molecule has 1 aromatic heterocycles. The highest BCUT2D eigenvalue weighted by Crippen LogP contribution is 2.24. The van der Waals surface area contributed by atoms with Crippen LogP contribution in [0, 0.1) is 5.82 Å². The maximum absolute atomic E-state index is 14.0. The van der Waals surface area contributed by atoms with Gasteiger partial charge in [-0.25, -0.2) is 9.37 Å². The molecule has 0 N–H and O–H groups in total. The molecule has 3 heterocycles. The number of pyridine rings is 1. The molecule has 1 amide bonds. The van der Waals surface area contributed by atoms with Gasteiger partial charge in [0.2, 0.25) is 5.88 Å². The number of aromatic nitrogens is 1. The standard InChI is InChI=1S/C20H22FN3O2S/c21-17-3-1-2-4-18(17)23-8-10-24(11-9-23)20(25)15-5-7-22-19(13-15)26-16-6-12-27-14-16/h1-5,7,13,16H,6,8-12,14H2/t16-/m1/s1. The Balaban J connectivity index is 1.38. The van der Waals surface area contributed by atoms with E-state index >= 15 is 0 Å². The van der Waals surface area contributed by atoms with Crippen LogP contribution in [0.4, 0.5) is 10.1 Å². The van der Waals surface area contributed by atoms with Crippen molar-refractivity contribution < 1.29 is 13.9 Å². The minimum Gasteiger partial charge on any atom is -0.473 e. The Hall–Kier alpha value is -2.28. The number of hydrogen-bond donors (Lipinski definition) is 0. The van der Waals surface area contributed by atoms with Crippen molar-refractivity contribution in [2.24, 2.45) is 0 Å². The van der Waals surface area contributed by atoms with Crippen LogP contribution in [-0.4, -0.2) is 59.6 Å². The van der Waals surface area contributed by atoms with Crippen LogP contribution in [0.1, 0.15) is 16.8 Å². The third-order valence-corrected chi connectivity index (χ3v) is 6.05. The van der Waals surface area contributed by atoms with Crippen molar-refractivity contribution in [2.45, 2.75) is 12.5 Å². The fraction of sp³-hybridized carbons (Fsp3) is 0.400. The van der Waals surface area contributed by atoms with Gasteiger partial charge in [-0.05, 0) is 30.4 Å². The maximum atomic E-state index is 14.0. The minimum absolute atomic E-state index is 0.0313. The second-order valence-corrected chi connectivity index (χ2v) is 7.87. The van der Waals surface area contributed by atoms with Gasteiger partial charge >= 0.3 is 0 Å². The molecule has 0 spiro atoms. The predicted molar refractivity (Wildman–Crippen MR) is 105 cm³/mol. The van der Waals surface area contributed by atoms with E-state index in [1.807, 2.05) is 27.6 Å². The summed E-state index contributed by atoms with van der Waals surface area (Å²) in [5, 5.41) is 0. The SMILES string of the molecule is O=C(c1ccnc(O[C@@H]2CCSC2)c1)N1CCN(c2ccccc2F)CC1. The highest BCUT2D eigenvalue weighted by atomic mass is 32.2. The number of carbonyl (C=O) groups excluding carboxylic acids is 1. The van der Waals surface area contributed by atoms with Crippen molar-refractivity contribution in [2.75, 3.05) is 42.6 Å². The van der Waals surface area contributed by atoms with Crippen LogP contribution in [0.2, 0.25) is 0 Å². The zero-order valence-corrected chi connectivity index (χ0v) is 15.8. The molecule has 1 aromatic carbocycles. The number of anilines is 1. The summed E-state index contributed by atoms with van der Waals surface area (Å²) in [5.74, 6) is 2.33. The molecule has 0 saturated carbocycles. The molecule has 7 heteroatoms. The summed E-state index contributed by atoms with van der Waals surface area (Å²) in [6, 6.07) is 10.2. The molecular formula is C20H22FN3O2S. The van der Waals surface area contributed by atoms with Crippen molar-refractivity contribution in [3.63, 3.8) is 0 Å². The molecule has 0 radical (unpaired) electrons. The van der Waals surface area contributed by atoms with E-state index in [0.717, 1.165) is 17.9 Å². The van der Waals surface area contributed by atoms with Gasteiger partial charge in [-0.2, -0.15) is 11.8 Å². The zero-order valence-electron chi connectivity index (χ0n) is 15.0. The molecule has 2 aliphatic heterocycles. The lowest BCUT2D eigenvalue weighted by Gasteiger charge is -2.36. The number of hydrogen-bond acceptors (Lipinski definition) is 5. The first-order valence-electron chi connectivity index (χ1n) is 9.20. The van der Waals surface area contributed by atoms with Gasteiger partial charge in [0.1, 0.15) is 11.9 Å². The van der Waals surface area contributed by atoms with E-state index in [4.69, 9.17) is 4.74 Å². The van der Waals surface area contributed by atoms with Crippen LogP contribution in [0.25, 0.3) is 0 Å². The Labute approximate surface area is 162 Å². The maximum Gasteiger partial charge on any atom is 0.254 e. The second-order valence-electron chi connectivity index (χ2n) is 6.72. The first-order chi connectivity index (χ1) is 13.2. The van der Waals surface area contributed by atoms with Crippen LogP contribution in [0.5, 0.6) is 5.88 Å². The van der Waals surface area contributed by atoms with Gasteiger partial charge in [0.15, 0.2) is 0 Å². The number of thioether (sulfide) groups is 1. The summed E-state index contributed by atoms with van der Waals surface area (Å²) in [5.41, 5.74) is 1.18. The summed E-state index contributed by atoms with van der Waals surface area (Å²) >= 11 is 1.87. The number of rotatable bonds is 4. The molecule has 2 aliphatic rings. The second kappa shape index (κ2) is 8.17. The topological polar surface area (TPSA) is 45.7 Å². The lowest BCUT2D eigenvalue weighted by molar-refractivity contribution is 0.0745. The van der Waals surface area contributed by atoms with Gasteiger partial charge in [-0.3, -0.25) is 4.79 Å². The number of amides is 1. The molecule has 0 aliphatic carbocycles. The van der Waals surface area contributed by atoms with Gasteiger partial charge < -0.3 is 14.5 Å². The average Bonchev–Trinajstić information content (AvgIpc) is 3.21. The number of carbonyl (C=O) groups is 1. The number of nitrogens with zero attached hydrogens (tertiary/aromatic N) is 3. The highest BCUT2D eigenvalue weighted by Gasteiger charge is 2.24. The lowest BCUT2D eigenvalue weighted by Crippen LogP contribution is -2.49. The van der Waals surface area contributed by atoms with Crippen molar-refractivity contribution in [3.05, 3.63) is 54.0 Å². The molecular weight excluding hydrogens is 365 g/mol. The van der Waals surface area contributed by atoms with Gasteiger partial charge in [0.05, 0.1) is 5.69 Å². The van der Waals surface area contributed by atoms with E-state index in [0.29, 0.717) is 43.3 Å². The minimum atomic E-state index is -0.224. The Morgan fingerprint density at radius 1 is 1.19 bits per heavy atom. The fourth-order valence-corrected chi connectivity index (χ4v) is 4.52. The van der Waals surface area contributed by atoms with E-state index in [9.17, 15) is 9.18 Å². The van der Waals surface area contributed by atoms with E-state index in [1.165, 1.54) is 6.07 Å². The van der Waals surface area contributed by atoms with Crippen LogP contribution in [-0.2, 0) is 0 Å². The lowest BCUT2D eigenvalue weighted by atomic mass is 10.2. The van der Waals surface area contributed by atoms with Crippen LogP contribution in [0.3, 0.4) is 0 Å². The number of halogens is 1.